The van der Waals surface area contributed by atoms with Crippen LogP contribution in [0, 0.1) is 0 Å². The fourth-order valence-electron chi connectivity index (χ4n) is 2.94. The molecule has 2 unspecified atom stereocenters. The maximum Gasteiger partial charge on any atom is 0.408 e. The monoisotopic (exact) mass is 412 g/mol. The van der Waals surface area contributed by atoms with Crippen LogP contribution in [-0.4, -0.2) is 41.5 Å². The van der Waals surface area contributed by atoms with Crippen molar-refractivity contribution in [2.24, 2.45) is 0 Å². The average Bonchev–Trinajstić information content (AvgIpc) is 3.05. The van der Waals surface area contributed by atoms with Crippen molar-refractivity contribution in [3.05, 3.63) is 65.7 Å². The third kappa shape index (κ3) is 5.42. The summed E-state index contributed by atoms with van der Waals surface area (Å²) in [5.41, 5.74) is 1.91. The zero-order chi connectivity index (χ0) is 21.5. The van der Waals surface area contributed by atoms with Crippen LogP contribution in [-0.2, 0) is 30.5 Å². The Balaban J connectivity index is 1.56. The third-order valence-electron chi connectivity index (χ3n) is 4.40. The maximum absolute atomic E-state index is 12.5. The quantitative estimate of drug-likeness (QED) is 0.574. The minimum Gasteiger partial charge on any atom is -0.481 e. The summed E-state index contributed by atoms with van der Waals surface area (Å²) in [6, 6.07) is 14.4. The highest BCUT2D eigenvalue weighted by Gasteiger charge is 2.33. The van der Waals surface area contributed by atoms with Gasteiger partial charge in [0.1, 0.15) is 19.3 Å². The van der Waals surface area contributed by atoms with Gasteiger partial charge < -0.3 is 25.2 Å². The predicted octanol–water partition coefficient (Wildman–Crippen LogP) is 2.04. The van der Waals surface area contributed by atoms with Crippen LogP contribution in [0.25, 0.3) is 0 Å². The average molecular weight is 412 g/mol. The van der Waals surface area contributed by atoms with Gasteiger partial charge in [0.05, 0.1) is 6.42 Å². The Morgan fingerprint density at radius 3 is 2.50 bits per heavy atom. The van der Waals surface area contributed by atoms with E-state index in [2.05, 4.69) is 10.6 Å². The number of carbonyl (C=O) groups excluding carboxylic acids is 3. The van der Waals surface area contributed by atoms with Crippen LogP contribution < -0.4 is 10.6 Å². The SMILES string of the molecule is O=C(O)CC(NC(=O)OCc1ccccc1)C(=O)COC1C(=O)Nc2ccccc21. The van der Waals surface area contributed by atoms with E-state index in [0.717, 1.165) is 5.56 Å². The van der Waals surface area contributed by atoms with Gasteiger partial charge in [0.25, 0.3) is 5.91 Å². The van der Waals surface area contributed by atoms with Crippen molar-refractivity contribution in [2.45, 2.75) is 25.2 Å². The molecule has 0 saturated heterocycles. The number of aliphatic carboxylic acids is 1. The van der Waals surface area contributed by atoms with Crippen LogP contribution in [0.2, 0.25) is 0 Å². The first-order valence-corrected chi connectivity index (χ1v) is 9.17. The number of nitrogens with one attached hydrogen (secondary N) is 2. The number of carboxylic acids is 1. The van der Waals surface area contributed by atoms with E-state index in [1.54, 1.807) is 48.5 Å². The predicted molar refractivity (Wildman–Crippen MR) is 105 cm³/mol. The minimum atomic E-state index is -1.36. The lowest BCUT2D eigenvalue weighted by Gasteiger charge is -2.17. The van der Waals surface area contributed by atoms with Gasteiger partial charge in [-0.3, -0.25) is 14.4 Å². The highest BCUT2D eigenvalue weighted by atomic mass is 16.5. The number of carbonyl (C=O) groups is 4. The van der Waals surface area contributed by atoms with Gasteiger partial charge in [-0.05, 0) is 11.6 Å². The van der Waals surface area contributed by atoms with E-state index in [1.807, 2.05) is 6.07 Å². The van der Waals surface area contributed by atoms with E-state index >= 15 is 0 Å². The van der Waals surface area contributed by atoms with Crippen LogP contribution in [0.4, 0.5) is 10.5 Å². The molecule has 1 aliphatic heterocycles. The van der Waals surface area contributed by atoms with Gasteiger partial charge in [-0.15, -0.1) is 0 Å². The Labute approximate surface area is 172 Å². The van der Waals surface area contributed by atoms with Crippen molar-refractivity contribution in [2.75, 3.05) is 11.9 Å². The molecule has 9 heteroatoms. The molecule has 1 aliphatic rings. The molecule has 30 heavy (non-hydrogen) atoms. The molecule has 1 heterocycles. The fourth-order valence-corrected chi connectivity index (χ4v) is 2.94. The normalized spacial score (nSPS) is 15.6. The number of para-hydroxylation sites is 1. The maximum atomic E-state index is 12.5. The van der Waals surface area contributed by atoms with Crippen LogP contribution >= 0.6 is 0 Å². The first-order chi connectivity index (χ1) is 14.4. The number of alkyl carbamates (subject to hydrolysis) is 1. The zero-order valence-corrected chi connectivity index (χ0v) is 15.9. The van der Waals surface area contributed by atoms with E-state index < -0.39 is 48.9 Å². The molecule has 2 amide bonds. The molecular weight excluding hydrogens is 392 g/mol. The molecule has 3 rings (SSSR count). The van der Waals surface area contributed by atoms with Crippen molar-refractivity contribution in [3.8, 4) is 0 Å². The molecule has 0 aliphatic carbocycles. The second-order valence-electron chi connectivity index (χ2n) is 6.59. The summed E-state index contributed by atoms with van der Waals surface area (Å²) in [7, 11) is 0. The molecule has 0 fully saturated rings. The highest BCUT2D eigenvalue weighted by molar-refractivity contribution is 6.02. The number of benzene rings is 2. The molecule has 0 spiro atoms. The van der Waals surface area contributed by atoms with Crippen molar-refractivity contribution in [1.82, 2.24) is 5.32 Å². The molecule has 2 atom stereocenters. The second-order valence-corrected chi connectivity index (χ2v) is 6.59. The highest BCUT2D eigenvalue weighted by Crippen LogP contribution is 2.32. The largest absolute Gasteiger partial charge is 0.481 e. The number of Topliss-reactive ketones (excluding diaryl/α,β-unsaturated/α-hetero) is 1. The standard InChI is InChI=1S/C21H20N2O7/c24-17(12-29-19-14-8-4-5-9-15(14)22-20(19)27)16(10-18(25)26)23-21(28)30-11-13-6-2-1-3-7-13/h1-9,16,19H,10-12H2,(H,22,27)(H,23,28)(H,25,26). The van der Waals surface area contributed by atoms with Gasteiger partial charge in [0.15, 0.2) is 11.9 Å². The third-order valence-corrected chi connectivity index (χ3v) is 4.40. The lowest BCUT2D eigenvalue weighted by atomic mass is 10.1. The molecule has 0 bridgehead atoms. The molecule has 0 radical (unpaired) electrons. The van der Waals surface area contributed by atoms with Crippen LogP contribution in [0.15, 0.2) is 54.6 Å². The smallest absolute Gasteiger partial charge is 0.408 e. The number of fused-ring (bicyclic) bond motifs is 1. The molecule has 0 aromatic heterocycles. The lowest BCUT2D eigenvalue weighted by Crippen LogP contribution is -2.44. The van der Waals surface area contributed by atoms with Crippen molar-refractivity contribution in [1.29, 1.82) is 0 Å². The van der Waals surface area contributed by atoms with Gasteiger partial charge in [-0.1, -0.05) is 48.5 Å². The molecule has 2 aromatic carbocycles. The Hall–Kier alpha value is -3.72. The zero-order valence-electron chi connectivity index (χ0n) is 15.9. The summed E-state index contributed by atoms with van der Waals surface area (Å²) < 4.78 is 10.5. The Bertz CT molecular complexity index is 945. The number of rotatable bonds is 9. The molecule has 2 aromatic rings. The molecule has 0 saturated carbocycles. The first kappa shape index (κ1) is 21.0. The first-order valence-electron chi connectivity index (χ1n) is 9.17. The van der Waals surface area contributed by atoms with Gasteiger partial charge in [0, 0.05) is 11.3 Å². The second kappa shape index (κ2) is 9.66. The van der Waals surface area contributed by atoms with E-state index in [-0.39, 0.29) is 6.61 Å². The van der Waals surface area contributed by atoms with E-state index in [9.17, 15) is 19.2 Å². The topological polar surface area (TPSA) is 131 Å². The number of hydrogen-bond donors (Lipinski definition) is 3. The number of carboxylic acid groups (broad SMARTS) is 1. The van der Waals surface area contributed by atoms with Crippen LogP contribution in [0.3, 0.4) is 0 Å². The van der Waals surface area contributed by atoms with E-state index in [0.29, 0.717) is 11.3 Å². The van der Waals surface area contributed by atoms with Gasteiger partial charge >= 0.3 is 12.1 Å². The number of ether oxygens (including phenoxy) is 2. The summed E-state index contributed by atoms with van der Waals surface area (Å²) in [6.45, 7) is -0.584. The minimum absolute atomic E-state index is 0.0316. The summed E-state index contributed by atoms with van der Waals surface area (Å²) in [6.07, 6.45) is -2.56. The summed E-state index contributed by atoms with van der Waals surface area (Å²) >= 11 is 0. The summed E-state index contributed by atoms with van der Waals surface area (Å²) in [4.78, 5) is 47.6. The molecule has 3 N–H and O–H groups in total. The van der Waals surface area contributed by atoms with Crippen LogP contribution in [0.1, 0.15) is 23.7 Å². The molecular formula is C21H20N2O7. The Morgan fingerprint density at radius 1 is 1.07 bits per heavy atom. The number of anilines is 1. The van der Waals surface area contributed by atoms with E-state index in [1.165, 1.54) is 0 Å². The van der Waals surface area contributed by atoms with Crippen molar-refractivity contribution in [3.63, 3.8) is 0 Å². The number of hydrogen-bond acceptors (Lipinski definition) is 6. The number of amides is 2. The van der Waals surface area contributed by atoms with Crippen LogP contribution in [0.5, 0.6) is 0 Å². The van der Waals surface area contributed by atoms with Crippen molar-refractivity contribution >= 4 is 29.4 Å². The molecule has 9 nitrogen and oxygen atoms in total. The summed E-state index contributed by atoms with van der Waals surface area (Å²) in [5.74, 6) is -2.39. The van der Waals surface area contributed by atoms with Crippen molar-refractivity contribution < 1.29 is 33.8 Å². The Kier molecular flexibility index (Phi) is 6.76. The van der Waals surface area contributed by atoms with Gasteiger partial charge in [-0.2, -0.15) is 0 Å². The number of ketones is 1. The summed E-state index contributed by atoms with van der Waals surface area (Å²) in [5, 5.41) is 13.9. The lowest BCUT2D eigenvalue weighted by molar-refractivity contribution is -0.141. The van der Waals surface area contributed by atoms with Gasteiger partial charge in [-0.25, -0.2) is 4.79 Å². The van der Waals surface area contributed by atoms with Gasteiger partial charge in [0.2, 0.25) is 0 Å². The fraction of sp³-hybridized carbons (Fsp3) is 0.238. The van der Waals surface area contributed by atoms with E-state index in [4.69, 9.17) is 14.6 Å². The molecule has 156 valence electrons. The Morgan fingerprint density at radius 2 is 1.77 bits per heavy atom.